The van der Waals surface area contributed by atoms with Crippen LogP contribution in [-0.2, 0) is 0 Å². The van der Waals surface area contributed by atoms with Crippen molar-refractivity contribution < 1.29 is 4.79 Å². The summed E-state index contributed by atoms with van der Waals surface area (Å²) in [6.45, 7) is 1.98. The van der Waals surface area contributed by atoms with Gasteiger partial charge in [-0.2, -0.15) is 0 Å². The maximum Gasteiger partial charge on any atom is 0.320 e. The summed E-state index contributed by atoms with van der Waals surface area (Å²) in [5.74, 6) is 1.00. The van der Waals surface area contributed by atoms with Gasteiger partial charge < -0.3 is 10.6 Å². The number of aromatic nitrogens is 2. The zero-order valence-corrected chi connectivity index (χ0v) is 14.9. The van der Waals surface area contributed by atoms with Gasteiger partial charge in [0, 0.05) is 16.8 Å². The van der Waals surface area contributed by atoms with Crippen molar-refractivity contribution >= 4 is 35.0 Å². The molecule has 1 heterocycles. The number of carbonyl (C=O) groups is 1. The molecule has 0 aliphatic heterocycles. The molecule has 7 heteroatoms. The summed E-state index contributed by atoms with van der Waals surface area (Å²) in [6.07, 6.45) is 5.69. The number of halogens is 1. The molecular weight excluding hydrogens is 338 g/mol. The van der Waals surface area contributed by atoms with Crippen LogP contribution in [0.4, 0.5) is 22.1 Å². The Morgan fingerprint density at radius 2 is 1.80 bits per heavy atom. The SMILES string of the molecule is Cc1ccc(Cl)cc1Nc1ccc(NC(=O)NC2CCCCC2)nn1. The Labute approximate surface area is 152 Å². The lowest BCUT2D eigenvalue weighted by atomic mass is 9.96. The Balaban J connectivity index is 1.56. The average Bonchev–Trinajstić information content (AvgIpc) is 2.61. The average molecular weight is 360 g/mol. The molecule has 0 atom stereocenters. The summed E-state index contributed by atoms with van der Waals surface area (Å²) < 4.78 is 0. The molecular formula is C18H22ClN5O. The smallest absolute Gasteiger partial charge is 0.320 e. The van der Waals surface area contributed by atoms with Crippen LogP contribution in [-0.4, -0.2) is 22.3 Å². The molecule has 1 aliphatic rings. The van der Waals surface area contributed by atoms with Crippen molar-refractivity contribution in [1.29, 1.82) is 0 Å². The zero-order chi connectivity index (χ0) is 17.6. The number of hydrogen-bond donors (Lipinski definition) is 3. The highest BCUT2D eigenvalue weighted by Gasteiger charge is 2.15. The Morgan fingerprint density at radius 3 is 2.52 bits per heavy atom. The first kappa shape index (κ1) is 17.5. The molecule has 6 nitrogen and oxygen atoms in total. The zero-order valence-electron chi connectivity index (χ0n) is 14.2. The van der Waals surface area contributed by atoms with Crippen LogP contribution in [0, 0.1) is 6.92 Å². The fourth-order valence-corrected chi connectivity index (χ4v) is 3.09. The van der Waals surface area contributed by atoms with Gasteiger partial charge in [-0.05, 0) is 49.6 Å². The molecule has 2 amide bonds. The van der Waals surface area contributed by atoms with E-state index in [0.717, 1.165) is 24.1 Å². The van der Waals surface area contributed by atoms with Crippen LogP contribution < -0.4 is 16.0 Å². The lowest BCUT2D eigenvalue weighted by Crippen LogP contribution is -2.39. The summed E-state index contributed by atoms with van der Waals surface area (Å²) in [6, 6.07) is 9.12. The fraction of sp³-hybridized carbons (Fsp3) is 0.389. The van der Waals surface area contributed by atoms with Gasteiger partial charge in [0.1, 0.15) is 0 Å². The number of hydrogen-bond acceptors (Lipinski definition) is 4. The van der Waals surface area contributed by atoms with Crippen molar-refractivity contribution in [3.8, 4) is 0 Å². The Hall–Kier alpha value is -2.34. The van der Waals surface area contributed by atoms with E-state index in [-0.39, 0.29) is 12.1 Å². The highest BCUT2D eigenvalue weighted by molar-refractivity contribution is 6.30. The predicted molar refractivity (Wildman–Crippen MR) is 101 cm³/mol. The van der Waals surface area contributed by atoms with E-state index in [4.69, 9.17) is 11.6 Å². The highest BCUT2D eigenvalue weighted by atomic mass is 35.5. The molecule has 1 aromatic carbocycles. The quantitative estimate of drug-likeness (QED) is 0.743. The van der Waals surface area contributed by atoms with E-state index in [2.05, 4.69) is 26.1 Å². The van der Waals surface area contributed by atoms with Crippen LogP contribution in [0.25, 0.3) is 0 Å². The van der Waals surface area contributed by atoms with Gasteiger partial charge in [-0.1, -0.05) is 36.9 Å². The normalized spacial score (nSPS) is 14.8. The number of benzene rings is 1. The first-order valence-electron chi connectivity index (χ1n) is 8.54. The fourth-order valence-electron chi connectivity index (χ4n) is 2.92. The second-order valence-electron chi connectivity index (χ2n) is 6.32. The van der Waals surface area contributed by atoms with Gasteiger partial charge in [-0.25, -0.2) is 4.79 Å². The monoisotopic (exact) mass is 359 g/mol. The summed E-state index contributed by atoms with van der Waals surface area (Å²) in [7, 11) is 0. The number of aryl methyl sites for hydroxylation is 1. The molecule has 3 N–H and O–H groups in total. The lowest BCUT2D eigenvalue weighted by molar-refractivity contribution is 0.244. The third-order valence-electron chi connectivity index (χ3n) is 4.31. The summed E-state index contributed by atoms with van der Waals surface area (Å²) in [5, 5.41) is 17.7. The predicted octanol–water partition coefficient (Wildman–Crippen LogP) is 4.64. The second kappa shape index (κ2) is 8.16. The molecule has 1 fully saturated rings. The van der Waals surface area contributed by atoms with Gasteiger partial charge in [0.25, 0.3) is 0 Å². The van der Waals surface area contributed by atoms with E-state index in [0.29, 0.717) is 16.7 Å². The van der Waals surface area contributed by atoms with Crippen molar-refractivity contribution in [3.63, 3.8) is 0 Å². The van der Waals surface area contributed by atoms with Crippen LogP contribution in [0.3, 0.4) is 0 Å². The van der Waals surface area contributed by atoms with E-state index >= 15 is 0 Å². The van der Waals surface area contributed by atoms with Gasteiger partial charge >= 0.3 is 6.03 Å². The Kier molecular flexibility index (Phi) is 5.71. The van der Waals surface area contributed by atoms with Crippen molar-refractivity contribution in [1.82, 2.24) is 15.5 Å². The summed E-state index contributed by atoms with van der Waals surface area (Å²) in [4.78, 5) is 12.0. The molecule has 1 saturated carbocycles. The van der Waals surface area contributed by atoms with E-state index in [1.165, 1.54) is 19.3 Å². The number of urea groups is 1. The highest BCUT2D eigenvalue weighted by Crippen LogP contribution is 2.23. The number of nitrogens with one attached hydrogen (secondary N) is 3. The third-order valence-corrected chi connectivity index (χ3v) is 4.54. The maximum absolute atomic E-state index is 12.0. The summed E-state index contributed by atoms with van der Waals surface area (Å²) >= 11 is 6.02. The first-order valence-corrected chi connectivity index (χ1v) is 8.92. The molecule has 25 heavy (non-hydrogen) atoms. The van der Waals surface area contributed by atoms with E-state index in [9.17, 15) is 4.79 Å². The molecule has 2 aromatic rings. The Bertz CT molecular complexity index is 729. The second-order valence-corrected chi connectivity index (χ2v) is 6.76. The number of rotatable bonds is 4. The van der Waals surface area contributed by atoms with E-state index in [1.54, 1.807) is 12.1 Å². The van der Waals surface area contributed by atoms with Crippen LogP contribution in [0.2, 0.25) is 5.02 Å². The van der Waals surface area contributed by atoms with Crippen LogP contribution >= 0.6 is 11.6 Å². The topological polar surface area (TPSA) is 78.9 Å². The number of carbonyl (C=O) groups excluding carboxylic acids is 1. The molecule has 3 rings (SSSR count). The molecule has 0 spiro atoms. The van der Waals surface area contributed by atoms with Gasteiger partial charge in [0.15, 0.2) is 11.6 Å². The largest absolute Gasteiger partial charge is 0.338 e. The third kappa shape index (κ3) is 5.06. The van der Waals surface area contributed by atoms with Gasteiger partial charge in [0.05, 0.1) is 0 Å². The molecule has 0 bridgehead atoms. The minimum absolute atomic E-state index is 0.229. The van der Waals surface area contributed by atoms with Crippen molar-refractivity contribution in [2.75, 3.05) is 10.6 Å². The molecule has 0 saturated heterocycles. The number of nitrogens with zero attached hydrogens (tertiary/aromatic N) is 2. The molecule has 1 aromatic heterocycles. The molecule has 0 radical (unpaired) electrons. The lowest BCUT2D eigenvalue weighted by Gasteiger charge is -2.22. The van der Waals surface area contributed by atoms with Crippen LogP contribution in [0.1, 0.15) is 37.7 Å². The van der Waals surface area contributed by atoms with Crippen molar-refractivity contribution in [2.24, 2.45) is 0 Å². The number of anilines is 3. The maximum atomic E-state index is 12.0. The van der Waals surface area contributed by atoms with Crippen molar-refractivity contribution in [2.45, 2.75) is 45.1 Å². The molecule has 132 valence electrons. The minimum atomic E-state index is -0.229. The standard InChI is InChI=1S/C18H22ClN5O/c1-12-7-8-13(19)11-15(12)21-16-9-10-17(24-23-16)22-18(25)20-14-5-3-2-4-6-14/h7-11,14H,2-6H2,1H3,(H,21,23)(H2,20,22,24,25). The van der Waals surface area contributed by atoms with Crippen LogP contribution in [0.15, 0.2) is 30.3 Å². The van der Waals surface area contributed by atoms with Gasteiger partial charge in [-0.3, -0.25) is 5.32 Å². The summed E-state index contributed by atoms with van der Waals surface area (Å²) in [5.41, 5.74) is 1.93. The molecule has 0 unspecified atom stereocenters. The van der Waals surface area contributed by atoms with Crippen LogP contribution in [0.5, 0.6) is 0 Å². The van der Waals surface area contributed by atoms with E-state index in [1.807, 2.05) is 25.1 Å². The Morgan fingerprint density at radius 1 is 1.08 bits per heavy atom. The van der Waals surface area contributed by atoms with Gasteiger partial charge in [0.2, 0.25) is 0 Å². The minimum Gasteiger partial charge on any atom is -0.338 e. The van der Waals surface area contributed by atoms with Crippen molar-refractivity contribution in [3.05, 3.63) is 40.9 Å². The van der Waals surface area contributed by atoms with E-state index < -0.39 is 0 Å². The van der Waals surface area contributed by atoms with Gasteiger partial charge in [-0.15, -0.1) is 10.2 Å². The molecule has 1 aliphatic carbocycles. The number of amides is 2. The first-order chi connectivity index (χ1) is 12.1.